The number of piperidine rings is 1. The van der Waals surface area contributed by atoms with E-state index in [-0.39, 0.29) is 18.4 Å². The van der Waals surface area contributed by atoms with Crippen molar-refractivity contribution in [3.63, 3.8) is 0 Å². The molecule has 2 bridgehead atoms. The number of hydrogen-bond donors (Lipinski definition) is 1. The van der Waals surface area contributed by atoms with Gasteiger partial charge in [0.05, 0.1) is 11.4 Å². The van der Waals surface area contributed by atoms with Gasteiger partial charge in [-0.1, -0.05) is 12.1 Å². The van der Waals surface area contributed by atoms with Gasteiger partial charge in [-0.2, -0.15) is 4.31 Å². The Labute approximate surface area is 119 Å². The van der Waals surface area contributed by atoms with Gasteiger partial charge < -0.3 is 10.5 Å². The number of para-hydroxylation sites is 2. The Kier molecular flexibility index (Phi) is 3.60. The van der Waals surface area contributed by atoms with Crippen molar-refractivity contribution in [2.75, 3.05) is 24.6 Å². The fourth-order valence-corrected chi connectivity index (χ4v) is 4.82. The molecule has 1 saturated carbocycles. The van der Waals surface area contributed by atoms with Crippen LogP contribution in [-0.2, 0) is 10.0 Å². The van der Waals surface area contributed by atoms with Crippen LogP contribution in [0.1, 0.15) is 19.3 Å². The van der Waals surface area contributed by atoms with Crippen molar-refractivity contribution in [3.05, 3.63) is 24.3 Å². The number of ether oxygens (including phenoxy) is 1. The topological polar surface area (TPSA) is 72.6 Å². The molecule has 2 N–H and O–H groups in total. The molecule has 1 aliphatic carbocycles. The number of rotatable bonds is 5. The first-order chi connectivity index (χ1) is 9.56. The molecule has 2 unspecified atom stereocenters. The SMILES string of the molecule is Nc1ccccc1OCCS(=O)(=O)N1CC2CCC1C2. The number of sulfonamides is 1. The molecule has 1 aliphatic heterocycles. The second-order valence-corrected chi connectivity index (χ2v) is 7.65. The molecule has 2 atom stereocenters. The lowest BCUT2D eigenvalue weighted by Crippen LogP contribution is -2.40. The highest BCUT2D eigenvalue weighted by atomic mass is 32.2. The Bertz CT molecular complexity index is 588. The van der Waals surface area contributed by atoms with Crippen LogP contribution in [0.2, 0.25) is 0 Å². The average Bonchev–Trinajstić information content (AvgIpc) is 3.03. The van der Waals surface area contributed by atoms with Crippen molar-refractivity contribution in [2.24, 2.45) is 5.92 Å². The van der Waals surface area contributed by atoms with Crippen LogP contribution in [0.3, 0.4) is 0 Å². The van der Waals surface area contributed by atoms with Gasteiger partial charge in [0.2, 0.25) is 10.0 Å². The van der Waals surface area contributed by atoms with Crippen molar-refractivity contribution >= 4 is 15.7 Å². The number of hydrogen-bond acceptors (Lipinski definition) is 4. The van der Waals surface area contributed by atoms with Gasteiger partial charge in [0, 0.05) is 12.6 Å². The minimum atomic E-state index is -3.21. The molecular weight excluding hydrogens is 276 g/mol. The third kappa shape index (κ3) is 2.62. The maximum Gasteiger partial charge on any atom is 0.217 e. The molecule has 2 aliphatic rings. The lowest BCUT2D eigenvalue weighted by atomic mass is 10.1. The average molecular weight is 296 g/mol. The molecule has 5 nitrogen and oxygen atoms in total. The van der Waals surface area contributed by atoms with Crippen LogP contribution in [0.25, 0.3) is 0 Å². The van der Waals surface area contributed by atoms with Gasteiger partial charge in [-0.25, -0.2) is 8.42 Å². The van der Waals surface area contributed by atoms with Gasteiger partial charge in [0.1, 0.15) is 12.4 Å². The lowest BCUT2D eigenvalue weighted by Gasteiger charge is -2.26. The van der Waals surface area contributed by atoms with Crippen LogP contribution in [0.4, 0.5) is 5.69 Å². The molecule has 1 heterocycles. The number of anilines is 1. The van der Waals surface area contributed by atoms with E-state index >= 15 is 0 Å². The maximum atomic E-state index is 12.3. The van der Waals surface area contributed by atoms with E-state index < -0.39 is 10.0 Å². The van der Waals surface area contributed by atoms with Crippen LogP contribution >= 0.6 is 0 Å². The van der Waals surface area contributed by atoms with E-state index in [0.29, 0.717) is 23.9 Å². The normalized spacial score (nSPS) is 26.0. The highest BCUT2D eigenvalue weighted by Gasteiger charge is 2.43. The van der Waals surface area contributed by atoms with E-state index in [1.54, 1.807) is 16.4 Å². The zero-order valence-corrected chi connectivity index (χ0v) is 12.2. The number of nitrogens with two attached hydrogens (primary N) is 1. The van der Waals surface area contributed by atoms with Crippen molar-refractivity contribution in [1.29, 1.82) is 0 Å². The zero-order valence-electron chi connectivity index (χ0n) is 11.4. The quantitative estimate of drug-likeness (QED) is 0.835. The standard InChI is InChI=1S/C14H20N2O3S/c15-13-3-1-2-4-14(13)19-7-8-20(17,18)16-10-11-5-6-12(16)9-11/h1-4,11-12H,5-10,15H2. The number of nitrogens with zero attached hydrogens (tertiary/aromatic N) is 1. The van der Waals surface area contributed by atoms with Crippen LogP contribution in [-0.4, -0.2) is 37.7 Å². The van der Waals surface area contributed by atoms with Gasteiger partial charge in [-0.15, -0.1) is 0 Å². The summed E-state index contributed by atoms with van der Waals surface area (Å²) in [5.41, 5.74) is 6.29. The molecule has 2 fully saturated rings. The summed E-state index contributed by atoms with van der Waals surface area (Å²) >= 11 is 0. The molecule has 3 rings (SSSR count). The first-order valence-corrected chi connectivity index (χ1v) is 8.64. The third-order valence-corrected chi connectivity index (χ3v) is 6.08. The predicted octanol–water partition coefficient (Wildman–Crippen LogP) is 1.46. The molecule has 6 heteroatoms. The van der Waals surface area contributed by atoms with E-state index in [4.69, 9.17) is 10.5 Å². The van der Waals surface area contributed by atoms with E-state index in [9.17, 15) is 8.42 Å². The first kappa shape index (κ1) is 13.7. The Morgan fingerprint density at radius 2 is 2.10 bits per heavy atom. The molecule has 110 valence electrons. The number of nitrogen functional groups attached to an aromatic ring is 1. The molecule has 1 aromatic carbocycles. The van der Waals surface area contributed by atoms with Crippen LogP contribution in [0.5, 0.6) is 5.75 Å². The minimum Gasteiger partial charge on any atom is -0.490 e. The monoisotopic (exact) mass is 296 g/mol. The number of fused-ring (bicyclic) bond motifs is 2. The van der Waals surface area contributed by atoms with Gasteiger partial charge in [0.15, 0.2) is 0 Å². The molecule has 0 amide bonds. The van der Waals surface area contributed by atoms with Gasteiger partial charge in [0.25, 0.3) is 0 Å². The summed E-state index contributed by atoms with van der Waals surface area (Å²) in [4.78, 5) is 0. The predicted molar refractivity (Wildman–Crippen MR) is 78.0 cm³/mol. The van der Waals surface area contributed by atoms with Gasteiger partial charge in [-0.3, -0.25) is 0 Å². The van der Waals surface area contributed by atoms with Gasteiger partial charge in [-0.05, 0) is 37.3 Å². The molecule has 1 saturated heterocycles. The Morgan fingerprint density at radius 1 is 1.30 bits per heavy atom. The summed E-state index contributed by atoms with van der Waals surface area (Å²) in [6, 6.07) is 7.36. The maximum absolute atomic E-state index is 12.3. The summed E-state index contributed by atoms with van der Waals surface area (Å²) in [5, 5.41) is 0. The Hall–Kier alpha value is -1.27. The van der Waals surface area contributed by atoms with E-state index in [1.165, 1.54) is 6.42 Å². The molecule has 1 aromatic rings. The van der Waals surface area contributed by atoms with Crippen molar-refractivity contribution < 1.29 is 13.2 Å². The smallest absolute Gasteiger partial charge is 0.217 e. The van der Waals surface area contributed by atoms with Crippen molar-refractivity contribution in [3.8, 4) is 5.75 Å². The fraction of sp³-hybridized carbons (Fsp3) is 0.571. The van der Waals surface area contributed by atoms with Gasteiger partial charge >= 0.3 is 0 Å². The Morgan fingerprint density at radius 3 is 2.75 bits per heavy atom. The summed E-state index contributed by atoms with van der Waals surface area (Å²) in [6.45, 7) is 0.838. The highest BCUT2D eigenvalue weighted by Crippen LogP contribution is 2.39. The summed E-state index contributed by atoms with van der Waals surface area (Å²) in [7, 11) is -3.21. The molecule has 0 spiro atoms. The summed E-state index contributed by atoms with van der Waals surface area (Å²) < 4.78 is 31.8. The van der Waals surface area contributed by atoms with E-state index in [1.807, 2.05) is 12.1 Å². The van der Waals surface area contributed by atoms with E-state index in [0.717, 1.165) is 12.8 Å². The first-order valence-electron chi connectivity index (χ1n) is 7.03. The van der Waals surface area contributed by atoms with Crippen LogP contribution in [0, 0.1) is 5.92 Å². The molecule has 0 radical (unpaired) electrons. The minimum absolute atomic E-state index is 0.0184. The molecule has 0 aromatic heterocycles. The number of benzene rings is 1. The van der Waals surface area contributed by atoms with Crippen LogP contribution in [0.15, 0.2) is 24.3 Å². The molecule has 20 heavy (non-hydrogen) atoms. The Balaban J connectivity index is 1.57. The van der Waals surface area contributed by atoms with E-state index in [2.05, 4.69) is 0 Å². The third-order valence-electron chi connectivity index (χ3n) is 4.23. The van der Waals surface area contributed by atoms with Crippen molar-refractivity contribution in [1.82, 2.24) is 4.31 Å². The van der Waals surface area contributed by atoms with Crippen molar-refractivity contribution in [2.45, 2.75) is 25.3 Å². The molecular formula is C14H20N2O3S. The second-order valence-electron chi connectivity index (χ2n) is 5.60. The summed E-state index contributed by atoms with van der Waals surface area (Å²) in [6.07, 6.45) is 3.22. The summed E-state index contributed by atoms with van der Waals surface area (Å²) in [5.74, 6) is 1.14. The fourth-order valence-electron chi connectivity index (χ4n) is 3.21. The van der Waals surface area contributed by atoms with Crippen LogP contribution < -0.4 is 10.5 Å². The zero-order chi connectivity index (χ0) is 14.2. The second kappa shape index (κ2) is 5.26. The lowest BCUT2D eigenvalue weighted by molar-refractivity contribution is 0.316. The highest BCUT2D eigenvalue weighted by molar-refractivity contribution is 7.89. The largest absolute Gasteiger partial charge is 0.490 e.